The van der Waals surface area contributed by atoms with Crippen LogP contribution in [0.5, 0.6) is 5.75 Å². The molecule has 0 aliphatic heterocycles. The number of hydrogen-bond acceptors (Lipinski definition) is 4. The number of nitrogens with zero attached hydrogens (tertiary/aromatic N) is 1. The number of benzene rings is 2. The summed E-state index contributed by atoms with van der Waals surface area (Å²) in [4.78, 5) is 14.9. The number of ether oxygens (including phenoxy) is 1. The van der Waals surface area contributed by atoms with Gasteiger partial charge in [-0.3, -0.25) is 4.79 Å². The fourth-order valence-electron chi connectivity index (χ4n) is 2.77. The van der Waals surface area contributed by atoms with Gasteiger partial charge in [0.15, 0.2) is 6.61 Å². The zero-order valence-electron chi connectivity index (χ0n) is 13.1. The Morgan fingerprint density at radius 2 is 2.00 bits per heavy atom. The first kappa shape index (κ1) is 15.8. The predicted octanol–water partition coefficient (Wildman–Crippen LogP) is 3.15. The van der Waals surface area contributed by atoms with Crippen molar-refractivity contribution in [2.75, 3.05) is 6.61 Å². The summed E-state index contributed by atoms with van der Waals surface area (Å²) in [6, 6.07) is 14.6. The molecule has 3 rings (SSSR count). The van der Waals surface area contributed by atoms with Crippen molar-refractivity contribution in [2.24, 2.45) is 0 Å². The lowest BCUT2D eigenvalue weighted by molar-refractivity contribution is 0.200. The van der Waals surface area contributed by atoms with Crippen molar-refractivity contribution in [1.29, 1.82) is 5.26 Å². The normalized spacial score (nSPS) is 11.9. The molecule has 0 radical (unpaired) electrons. The number of nitrogens with one attached hydrogen (secondary N) is 1. The molecule has 0 amide bonds. The average Bonchev–Trinajstić information content (AvgIpc) is 2.60. The van der Waals surface area contributed by atoms with Crippen LogP contribution in [0, 0.1) is 11.3 Å². The SMILES string of the molecule is CC(O)c1ccccc1-c1c[nH]c(=O)c2cc(OCC#N)ccc12. The molecule has 1 atom stereocenters. The van der Waals surface area contributed by atoms with Gasteiger partial charge in [-0.1, -0.05) is 24.3 Å². The fraction of sp³-hybridized carbons (Fsp3) is 0.158. The first-order chi connectivity index (χ1) is 11.6. The van der Waals surface area contributed by atoms with Gasteiger partial charge >= 0.3 is 0 Å². The third-order valence-corrected chi connectivity index (χ3v) is 3.88. The molecule has 2 aromatic carbocycles. The zero-order chi connectivity index (χ0) is 17.1. The Morgan fingerprint density at radius 3 is 2.75 bits per heavy atom. The molecule has 1 aromatic heterocycles. The number of rotatable bonds is 4. The Labute approximate surface area is 138 Å². The van der Waals surface area contributed by atoms with E-state index < -0.39 is 6.10 Å². The fourth-order valence-corrected chi connectivity index (χ4v) is 2.77. The number of aliphatic hydroxyl groups is 1. The van der Waals surface area contributed by atoms with Crippen LogP contribution in [0.2, 0.25) is 0 Å². The third-order valence-electron chi connectivity index (χ3n) is 3.88. The van der Waals surface area contributed by atoms with Crippen molar-refractivity contribution in [3.63, 3.8) is 0 Å². The molecule has 0 aliphatic rings. The first-order valence-corrected chi connectivity index (χ1v) is 7.54. The van der Waals surface area contributed by atoms with Crippen molar-refractivity contribution in [3.8, 4) is 22.9 Å². The van der Waals surface area contributed by atoms with E-state index in [9.17, 15) is 9.90 Å². The maximum atomic E-state index is 12.2. The summed E-state index contributed by atoms with van der Waals surface area (Å²) in [5.41, 5.74) is 2.24. The second kappa shape index (κ2) is 6.57. The smallest absolute Gasteiger partial charge is 0.255 e. The summed E-state index contributed by atoms with van der Waals surface area (Å²) < 4.78 is 5.27. The van der Waals surface area contributed by atoms with Gasteiger partial charge in [0.1, 0.15) is 11.8 Å². The van der Waals surface area contributed by atoms with E-state index >= 15 is 0 Å². The molecule has 0 saturated carbocycles. The molecule has 0 saturated heterocycles. The van der Waals surface area contributed by atoms with Gasteiger partial charge in [-0.2, -0.15) is 5.26 Å². The van der Waals surface area contributed by atoms with Gasteiger partial charge in [-0.15, -0.1) is 0 Å². The number of aromatic amines is 1. The summed E-state index contributed by atoms with van der Waals surface area (Å²) >= 11 is 0. The highest BCUT2D eigenvalue weighted by atomic mass is 16.5. The molecule has 24 heavy (non-hydrogen) atoms. The van der Waals surface area contributed by atoms with Crippen LogP contribution in [0.3, 0.4) is 0 Å². The molecule has 2 N–H and O–H groups in total. The predicted molar refractivity (Wildman–Crippen MR) is 91.7 cm³/mol. The Bertz CT molecular complexity index is 984. The molecule has 0 aliphatic carbocycles. The minimum absolute atomic E-state index is 0.0754. The van der Waals surface area contributed by atoms with Gasteiger partial charge in [0.25, 0.3) is 5.56 Å². The summed E-state index contributed by atoms with van der Waals surface area (Å²) in [5.74, 6) is 0.468. The van der Waals surface area contributed by atoms with Crippen molar-refractivity contribution in [3.05, 3.63) is 64.6 Å². The zero-order valence-corrected chi connectivity index (χ0v) is 13.1. The minimum Gasteiger partial charge on any atom is -0.479 e. The molecule has 1 heterocycles. The van der Waals surface area contributed by atoms with Crippen molar-refractivity contribution >= 4 is 10.8 Å². The molecule has 3 aromatic rings. The van der Waals surface area contributed by atoms with E-state index in [0.29, 0.717) is 11.1 Å². The van der Waals surface area contributed by atoms with E-state index in [2.05, 4.69) is 4.98 Å². The maximum absolute atomic E-state index is 12.2. The highest BCUT2D eigenvalue weighted by Gasteiger charge is 2.13. The van der Waals surface area contributed by atoms with Crippen LogP contribution in [-0.2, 0) is 0 Å². The molecular formula is C19H16N2O3. The van der Waals surface area contributed by atoms with E-state index in [1.165, 1.54) is 0 Å². The summed E-state index contributed by atoms with van der Waals surface area (Å²) in [6.45, 7) is 1.63. The number of pyridine rings is 1. The first-order valence-electron chi connectivity index (χ1n) is 7.54. The Kier molecular flexibility index (Phi) is 4.32. The molecule has 0 spiro atoms. The van der Waals surface area contributed by atoms with Crippen LogP contribution in [0.1, 0.15) is 18.6 Å². The standard InChI is InChI=1S/C19H16N2O3/c1-12(22)14-4-2-3-5-15(14)18-11-21-19(23)17-10-13(24-9-8-20)6-7-16(17)18/h2-7,10-12,22H,9H2,1H3,(H,21,23). The number of H-pyrrole nitrogens is 1. The number of hydrogen-bond donors (Lipinski definition) is 2. The number of fused-ring (bicyclic) bond motifs is 1. The molecular weight excluding hydrogens is 304 g/mol. The van der Waals surface area contributed by atoms with E-state index in [1.807, 2.05) is 30.3 Å². The number of nitriles is 1. The van der Waals surface area contributed by atoms with Gasteiger partial charge in [0.2, 0.25) is 0 Å². The lowest BCUT2D eigenvalue weighted by Gasteiger charge is -2.14. The van der Waals surface area contributed by atoms with Crippen LogP contribution in [-0.4, -0.2) is 16.7 Å². The summed E-state index contributed by atoms with van der Waals surface area (Å²) in [5, 5.41) is 19.9. The van der Waals surface area contributed by atoms with Crippen LogP contribution in [0.15, 0.2) is 53.5 Å². The highest BCUT2D eigenvalue weighted by molar-refractivity contribution is 5.97. The summed E-state index contributed by atoms with van der Waals surface area (Å²) in [7, 11) is 0. The Morgan fingerprint density at radius 1 is 1.21 bits per heavy atom. The average molecular weight is 320 g/mol. The van der Waals surface area contributed by atoms with Crippen molar-refractivity contribution in [1.82, 2.24) is 4.98 Å². The van der Waals surface area contributed by atoms with Crippen molar-refractivity contribution < 1.29 is 9.84 Å². The number of aromatic nitrogens is 1. The van der Waals surface area contributed by atoms with Gasteiger partial charge in [0.05, 0.1) is 11.5 Å². The molecule has 5 heteroatoms. The minimum atomic E-state index is -0.624. The van der Waals surface area contributed by atoms with Crippen LogP contribution in [0.4, 0.5) is 0 Å². The molecule has 0 bridgehead atoms. The van der Waals surface area contributed by atoms with Gasteiger partial charge < -0.3 is 14.8 Å². The van der Waals surface area contributed by atoms with Crippen LogP contribution in [0.25, 0.3) is 21.9 Å². The Hall–Kier alpha value is -3.10. The van der Waals surface area contributed by atoms with Crippen molar-refractivity contribution in [2.45, 2.75) is 13.0 Å². The van der Waals surface area contributed by atoms with Crippen LogP contribution >= 0.6 is 0 Å². The Balaban J connectivity index is 2.22. The quantitative estimate of drug-likeness (QED) is 0.773. The lowest BCUT2D eigenvalue weighted by atomic mass is 9.94. The van der Waals surface area contributed by atoms with E-state index in [-0.39, 0.29) is 12.2 Å². The number of aliphatic hydroxyl groups excluding tert-OH is 1. The lowest BCUT2D eigenvalue weighted by Crippen LogP contribution is -2.07. The monoisotopic (exact) mass is 320 g/mol. The maximum Gasteiger partial charge on any atom is 0.255 e. The van der Waals surface area contributed by atoms with E-state index in [0.717, 1.165) is 22.1 Å². The molecule has 120 valence electrons. The molecule has 5 nitrogen and oxygen atoms in total. The second-order valence-electron chi connectivity index (χ2n) is 5.45. The van der Waals surface area contributed by atoms with Gasteiger partial charge in [0, 0.05) is 11.8 Å². The highest BCUT2D eigenvalue weighted by Crippen LogP contribution is 2.33. The third kappa shape index (κ3) is 2.87. The largest absolute Gasteiger partial charge is 0.479 e. The molecule has 1 unspecified atom stereocenters. The summed E-state index contributed by atoms with van der Waals surface area (Å²) in [6.07, 6.45) is 1.03. The van der Waals surface area contributed by atoms with Gasteiger partial charge in [-0.25, -0.2) is 0 Å². The molecule has 0 fully saturated rings. The van der Waals surface area contributed by atoms with E-state index in [4.69, 9.17) is 10.00 Å². The topological polar surface area (TPSA) is 86.1 Å². The van der Waals surface area contributed by atoms with Gasteiger partial charge in [-0.05, 0) is 41.6 Å². The van der Waals surface area contributed by atoms with E-state index in [1.54, 1.807) is 31.3 Å². The second-order valence-corrected chi connectivity index (χ2v) is 5.45. The van der Waals surface area contributed by atoms with Crippen LogP contribution < -0.4 is 10.3 Å².